The van der Waals surface area contributed by atoms with Crippen LogP contribution in [0.15, 0.2) is 24.3 Å². The van der Waals surface area contributed by atoms with Gasteiger partial charge in [0.05, 0.1) is 0 Å². The Labute approximate surface area is 116 Å². The van der Waals surface area contributed by atoms with E-state index in [9.17, 15) is 0 Å². The molecule has 0 bridgehead atoms. The zero-order chi connectivity index (χ0) is 15.0. The van der Waals surface area contributed by atoms with Crippen molar-refractivity contribution in [3.05, 3.63) is 35.4 Å². The molecule has 0 fully saturated rings. The van der Waals surface area contributed by atoms with Crippen molar-refractivity contribution < 1.29 is 0 Å². The molecule has 18 heavy (non-hydrogen) atoms. The van der Waals surface area contributed by atoms with E-state index >= 15 is 0 Å². The Hall–Kier alpha value is -0.780. The van der Waals surface area contributed by atoms with Gasteiger partial charge >= 0.3 is 0 Å². The van der Waals surface area contributed by atoms with Gasteiger partial charge in [0, 0.05) is 0 Å². The van der Waals surface area contributed by atoms with Crippen LogP contribution >= 0.6 is 0 Å². The molecule has 0 saturated carbocycles. The van der Waals surface area contributed by atoms with Crippen LogP contribution in [-0.2, 0) is 10.8 Å². The molecule has 106 valence electrons. The highest BCUT2D eigenvalue weighted by molar-refractivity contribution is 5.32. The van der Waals surface area contributed by atoms with Crippen molar-refractivity contribution in [3.63, 3.8) is 0 Å². The van der Waals surface area contributed by atoms with Crippen molar-refractivity contribution in [1.29, 1.82) is 0 Å². The lowest BCUT2D eigenvalue weighted by atomic mass is 9.81. The van der Waals surface area contributed by atoms with Gasteiger partial charge in [-0.05, 0) is 22.0 Å². The zero-order valence-corrected chi connectivity index (χ0v) is 14.3. The summed E-state index contributed by atoms with van der Waals surface area (Å²) in [7, 11) is 0. The molecule has 1 rings (SSSR count). The third-order valence-electron chi connectivity index (χ3n) is 2.59. The van der Waals surface area contributed by atoms with Gasteiger partial charge in [0.1, 0.15) is 0 Å². The highest BCUT2D eigenvalue weighted by atomic mass is 14.2. The van der Waals surface area contributed by atoms with Crippen molar-refractivity contribution >= 4 is 0 Å². The van der Waals surface area contributed by atoms with Gasteiger partial charge in [-0.25, -0.2) is 0 Å². The molecule has 0 atom stereocenters. The van der Waals surface area contributed by atoms with E-state index in [0.29, 0.717) is 0 Å². The Kier molecular flexibility index (Phi) is 9.07. The van der Waals surface area contributed by atoms with Crippen molar-refractivity contribution in [3.8, 4) is 0 Å². The van der Waals surface area contributed by atoms with Crippen LogP contribution in [0, 0.1) is 0 Å². The van der Waals surface area contributed by atoms with Gasteiger partial charge in [0.2, 0.25) is 0 Å². The lowest BCUT2D eigenvalue weighted by Gasteiger charge is -2.24. The maximum Gasteiger partial charge on any atom is -0.0132 e. The Morgan fingerprint density at radius 3 is 1.11 bits per heavy atom. The van der Waals surface area contributed by atoms with E-state index in [-0.39, 0.29) is 10.8 Å². The lowest BCUT2D eigenvalue weighted by Crippen LogP contribution is -2.15. The van der Waals surface area contributed by atoms with Crippen LogP contribution in [-0.4, -0.2) is 0 Å². The van der Waals surface area contributed by atoms with E-state index in [1.807, 2.05) is 27.7 Å². The number of benzene rings is 1. The Morgan fingerprint density at radius 1 is 0.611 bits per heavy atom. The van der Waals surface area contributed by atoms with E-state index < -0.39 is 0 Å². The van der Waals surface area contributed by atoms with E-state index in [1.165, 1.54) is 11.1 Å². The SMILES string of the molecule is CC.CC.CC(C)(C)c1cccc(C(C)(C)C)c1. The van der Waals surface area contributed by atoms with Crippen molar-refractivity contribution in [2.24, 2.45) is 0 Å². The minimum absolute atomic E-state index is 0.251. The van der Waals surface area contributed by atoms with Gasteiger partial charge in [-0.2, -0.15) is 0 Å². The van der Waals surface area contributed by atoms with E-state index in [2.05, 4.69) is 65.8 Å². The maximum absolute atomic E-state index is 2.33. The fraction of sp³-hybridized carbons (Fsp3) is 0.667. The third kappa shape index (κ3) is 6.83. The van der Waals surface area contributed by atoms with Gasteiger partial charge in [-0.3, -0.25) is 0 Å². The predicted octanol–water partition coefficient (Wildman–Crippen LogP) is 6.33. The van der Waals surface area contributed by atoms with Crippen molar-refractivity contribution in [1.82, 2.24) is 0 Å². The average molecular weight is 250 g/mol. The first-order valence-electron chi connectivity index (χ1n) is 7.32. The number of rotatable bonds is 0. The Morgan fingerprint density at radius 2 is 0.889 bits per heavy atom. The molecule has 0 aliphatic heterocycles. The monoisotopic (exact) mass is 250 g/mol. The molecular weight excluding hydrogens is 216 g/mol. The zero-order valence-electron chi connectivity index (χ0n) is 14.3. The first-order valence-corrected chi connectivity index (χ1v) is 7.32. The third-order valence-corrected chi connectivity index (χ3v) is 2.59. The summed E-state index contributed by atoms with van der Waals surface area (Å²) in [6.45, 7) is 21.6. The second-order valence-corrected chi connectivity index (χ2v) is 6.08. The minimum atomic E-state index is 0.251. The minimum Gasteiger partial charge on any atom is -0.0683 e. The highest BCUT2D eigenvalue weighted by Gasteiger charge is 2.18. The van der Waals surface area contributed by atoms with Gasteiger partial charge < -0.3 is 0 Å². The summed E-state index contributed by atoms with van der Waals surface area (Å²) >= 11 is 0. The molecule has 0 aliphatic carbocycles. The van der Waals surface area contributed by atoms with Gasteiger partial charge in [-0.1, -0.05) is 93.5 Å². The topological polar surface area (TPSA) is 0 Å². The molecule has 1 aromatic rings. The molecule has 0 spiro atoms. The molecule has 0 radical (unpaired) electrons. The van der Waals surface area contributed by atoms with Crippen LogP contribution in [0.1, 0.15) is 80.4 Å². The molecule has 0 unspecified atom stereocenters. The van der Waals surface area contributed by atoms with Gasteiger partial charge in [0.25, 0.3) is 0 Å². The van der Waals surface area contributed by atoms with Crippen LogP contribution in [0.5, 0.6) is 0 Å². The Bertz CT molecular complexity index is 278. The molecule has 0 N–H and O–H groups in total. The van der Waals surface area contributed by atoms with E-state index in [4.69, 9.17) is 0 Å². The van der Waals surface area contributed by atoms with Gasteiger partial charge in [0.15, 0.2) is 0 Å². The fourth-order valence-corrected chi connectivity index (χ4v) is 1.45. The molecule has 0 amide bonds. The summed E-state index contributed by atoms with van der Waals surface area (Å²) in [5, 5.41) is 0. The first kappa shape index (κ1) is 19.6. The summed E-state index contributed by atoms with van der Waals surface area (Å²) < 4.78 is 0. The Balaban J connectivity index is 0. The summed E-state index contributed by atoms with van der Waals surface area (Å²) in [5.74, 6) is 0. The van der Waals surface area contributed by atoms with Crippen molar-refractivity contribution in [2.45, 2.75) is 80.1 Å². The molecule has 0 saturated heterocycles. The van der Waals surface area contributed by atoms with E-state index in [0.717, 1.165) is 0 Å². The van der Waals surface area contributed by atoms with Crippen LogP contribution in [0.25, 0.3) is 0 Å². The fourth-order valence-electron chi connectivity index (χ4n) is 1.45. The standard InChI is InChI=1S/C14H22.2C2H6/c1-13(2,3)11-8-7-9-12(10-11)14(4,5)6;2*1-2/h7-10H,1-6H3;2*1-2H3. The summed E-state index contributed by atoms with van der Waals surface area (Å²) in [4.78, 5) is 0. The smallest absolute Gasteiger partial charge is 0.0132 e. The second-order valence-electron chi connectivity index (χ2n) is 6.08. The quantitative estimate of drug-likeness (QED) is 0.504. The second kappa shape index (κ2) is 8.34. The molecule has 0 aliphatic rings. The molecule has 0 heteroatoms. The molecule has 0 aromatic heterocycles. The molecule has 0 heterocycles. The molecular formula is C18H34. The van der Waals surface area contributed by atoms with Crippen LogP contribution < -0.4 is 0 Å². The van der Waals surface area contributed by atoms with E-state index in [1.54, 1.807) is 0 Å². The summed E-state index contributed by atoms with van der Waals surface area (Å²) in [5.41, 5.74) is 3.34. The number of hydrogen-bond donors (Lipinski definition) is 0. The largest absolute Gasteiger partial charge is 0.0683 e. The lowest BCUT2D eigenvalue weighted by molar-refractivity contribution is 0.568. The highest BCUT2D eigenvalue weighted by Crippen LogP contribution is 2.28. The summed E-state index contributed by atoms with van der Waals surface area (Å²) in [6, 6.07) is 8.94. The van der Waals surface area contributed by atoms with Crippen LogP contribution in [0.4, 0.5) is 0 Å². The average Bonchev–Trinajstić information content (AvgIpc) is 2.32. The first-order chi connectivity index (χ1) is 8.21. The summed E-state index contributed by atoms with van der Waals surface area (Å²) in [6.07, 6.45) is 0. The normalized spacial score (nSPS) is 10.8. The molecule has 0 nitrogen and oxygen atoms in total. The maximum atomic E-state index is 2.33. The predicted molar refractivity (Wildman–Crippen MR) is 86.5 cm³/mol. The van der Waals surface area contributed by atoms with Crippen LogP contribution in [0.3, 0.4) is 0 Å². The van der Waals surface area contributed by atoms with Crippen molar-refractivity contribution in [2.75, 3.05) is 0 Å². The van der Waals surface area contributed by atoms with Crippen LogP contribution in [0.2, 0.25) is 0 Å². The van der Waals surface area contributed by atoms with Gasteiger partial charge in [-0.15, -0.1) is 0 Å². The number of hydrogen-bond acceptors (Lipinski definition) is 0. The molecule has 1 aromatic carbocycles.